The lowest BCUT2D eigenvalue weighted by Gasteiger charge is -2.39. The zero-order valence-electron chi connectivity index (χ0n) is 19.2. The van der Waals surface area contributed by atoms with Crippen LogP contribution in [0.2, 0.25) is 0 Å². The van der Waals surface area contributed by atoms with Gasteiger partial charge in [0.05, 0.1) is 19.3 Å². The predicted octanol–water partition coefficient (Wildman–Crippen LogP) is 4.57. The van der Waals surface area contributed by atoms with Crippen molar-refractivity contribution in [1.82, 2.24) is 0 Å². The van der Waals surface area contributed by atoms with Crippen LogP contribution < -0.4 is 9.47 Å². The molecular formula is C23H33BrO7. The first kappa shape index (κ1) is 25.6. The number of hydrogen-bond acceptors (Lipinski definition) is 6. The molecule has 0 saturated carbocycles. The van der Waals surface area contributed by atoms with E-state index in [4.69, 9.17) is 23.7 Å². The number of halogens is 1. The molecule has 174 valence electrons. The molecule has 2 rings (SSSR count). The third-order valence-electron chi connectivity index (χ3n) is 5.19. The van der Waals surface area contributed by atoms with Crippen molar-refractivity contribution in [3.63, 3.8) is 0 Å². The van der Waals surface area contributed by atoms with Gasteiger partial charge in [-0.25, -0.2) is 4.79 Å². The molecule has 1 saturated heterocycles. The van der Waals surface area contributed by atoms with E-state index >= 15 is 0 Å². The highest BCUT2D eigenvalue weighted by molar-refractivity contribution is 9.09. The Labute approximate surface area is 192 Å². The molecule has 0 aromatic heterocycles. The number of benzene rings is 1. The summed E-state index contributed by atoms with van der Waals surface area (Å²) in [5.41, 5.74) is -2.11. The number of rotatable bonds is 10. The first-order valence-electron chi connectivity index (χ1n) is 10.2. The van der Waals surface area contributed by atoms with E-state index in [1.807, 2.05) is 34.6 Å². The predicted molar refractivity (Wildman–Crippen MR) is 121 cm³/mol. The second kappa shape index (κ2) is 9.90. The molecule has 1 aromatic carbocycles. The van der Waals surface area contributed by atoms with Gasteiger partial charge in [-0.1, -0.05) is 22.0 Å². The van der Waals surface area contributed by atoms with Crippen molar-refractivity contribution in [2.24, 2.45) is 0 Å². The van der Waals surface area contributed by atoms with Gasteiger partial charge in [-0.3, -0.25) is 0 Å². The molecule has 1 fully saturated rings. The van der Waals surface area contributed by atoms with Gasteiger partial charge in [0.1, 0.15) is 17.6 Å². The Bertz CT molecular complexity index is 773. The van der Waals surface area contributed by atoms with Gasteiger partial charge >= 0.3 is 5.97 Å². The van der Waals surface area contributed by atoms with Gasteiger partial charge in [0.25, 0.3) is 0 Å². The van der Waals surface area contributed by atoms with E-state index in [1.165, 1.54) is 0 Å². The smallest absolute Gasteiger partial charge is 0.337 e. The molecule has 0 amide bonds. The summed E-state index contributed by atoms with van der Waals surface area (Å²) in [6, 6.07) is 6.94. The quantitative estimate of drug-likeness (QED) is 0.372. The number of aliphatic carboxylic acids is 1. The number of alkyl halides is 1. The maximum Gasteiger partial charge on any atom is 0.337 e. The Balaban J connectivity index is 2.39. The Morgan fingerprint density at radius 3 is 2.29 bits per heavy atom. The highest BCUT2D eigenvalue weighted by Gasteiger charge is 2.45. The lowest BCUT2D eigenvalue weighted by Crippen LogP contribution is -2.54. The second-order valence-electron chi connectivity index (χ2n) is 8.74. The van der Waals surface area contributed by atoms with Crippen LogP contribution in [0, 0.1) is 0 Å². The summed E-state index contributed by atoms with van der Waals surface area (Å²) in [6.45, 7) is 11.3. The largest absolute Gasteiger partial charge is 0.497 e. The van der Waals surface area contributed by atoms with E-state index in [0.717, 1.165) is 0 Å². The van der Waals surface area contributed by atoms with Crippen LogP contribution in [0.1, 0.15) is 41.5 Å². The van der Waals surface area contributed by atoms with E-state index in [9.17, 15) is 9.90 Å². The summed E-state index contributed by atoms with van der Waals surface area (Å²) in [4.78, 5) is 12.2. The SMILES string of the molecule is COc1ccc(O[C@@](C)(/C=C/[C@@H]2COC(C)(C)O2)[C@@H](OC(C)(C)C(C)Br)C(=O)O)cc1. The van der Waals surface area contributed by atoms with Crippen molar-refractivity contribution in [3.05, 3.63) is 36.4 Å². The lowest BCUT2D eigenvalue weighted by molar-refractivity contribution is -0.178. The number of methoxy groups -OCH3 is 1. The van der Waals surface area contributed by atoms with Crippen molar-refractivity contribution in [3.8, 4) is 11.5 Å². The summed E-state index contributed by atoms with van der Waals surface area (Å²) in [5, 5.41) is 10.1. The number of carboxylic acid groups (broad SMARTS) is 1. The molecule has 1 heterocycles. The first-order valence-corrected chi connectivity index (χ1v) is 11.1. The molecule has 8 heteroatoms. The monoisotopic (exact) mass is 500 g/mol. The van der Waals surface area contributed by atoms with Gasteiger partial charge < -0.3 is 28.8 Å². The van der Waals surface area contributed by atoms with Crippen LogP contribution in [-0.2, 0) is 19.0 Å². The van der Waals surface area contributed by atoms with Gasteiger partial charge in [-0.05, 0) is 71.9 Å². The number of hydrogen-bond donors (Lipinski definition) is 1. The summed E-state index contributed by atoms with van der Waals surface area (Å²) in [7, 11) is 1.58. The molecule has 1 aromatic rings. The van der Waals surface area contributed by atoms with Gasteiger partial charge in [0.15, 0.2) is 17.5 Å². The van der Waals surface area contributed by atoms with E-state index in [-0.39, 0.29) is 10.9 Å². The van der Waals surface area contributed by atoms with Gasteiger partial charge in [0.2, 0.25) is 0 Å². The molecule has 4 atom stereocenters. The molecule has 1 unspecified atom stereocenters. The van der Waals surface area contributed by atoms with Crippen molar-refractivity contribution in [2.45, 2.75) is 75.6 Å². The molecule has 1 aliphatic rings. The van der Waals surface area contributed by atoms with Crippen molar-refractivity contribution < 1.29 is 33.6 Å². The summed E-state index contributed by atoms with van der Waals surface area (Å²) in [5.74, 6) is -0.677. The van der Waals surface area contributed by atoms with Crippen molar-refractivity contribution >= 4 is 21.9 Å². The van der Waals surface area contributed by atoms with Crippen LogP contribution in [0.5, 0.6) is 11.5 Å². The van der Waals surface area contributed by atoms with Gasteiger partial charge in [0, 0.05) is 4.83 Å². The highest BCUT2D eigenvalue weighted by Crippen LogP contribution is 2.33. The standard InChI is InChI=1S/C23H33BrO7/c1-15(24)21(2,3)31-19(20(25)26)23(6,13-12-18-14-28-22(4,5)29-18)30-17-10-8-16(27-7)9-11-17/h8-13,15,18-19H,14H2,1-7H3,(H,25,26)/b13-12+/t15?,18-,19+,23+/m1/s1. The van der Waals surface area contributed by atoms with E-state index in [1.54, 1.807) is 50.5 Å². The summed E-state index contributed by atoms with van der Waals surface area (Å²) in [6.07, 6.45) is 1.82. The second-order valence-corrected chi connectivity index (χ2v) is 10.1. The minimum Gasteiger partial charge on any atom is -0.497 e. The fourth-order valence-electron chi connectivity index (χ4n) is 2.99. The maximum atomic E-state index is 12.3. The number of ether oxygens (including phenoxy) is 5. The number of carboxylic acids is 1. The Morgan fingerprint density at radius 1 is 1.26 bits per heavy atom. The third kappa shape index (κ3) is 6.94. The average molecular weight is 501 g/mol. The minimum absolute atomic E-state index is 0.0940. The average Bonchev–Trinajstić information content (AvgIpc) is 3.03. The van der Waals surface area contributed by atoms with Gasteiger partial charge in [-0.2, -0.15) is 0 Å². The summed E-state index contributed by atoms with van der Waals surface area (Å²) < 4.78 is 28.9. The molecule has 0 aliphatic carbocycles. The Kier molecular flexibility index (Phi) is 8.19. The fraction of sp³-hybridized carbons (Fsp3) is 0.609. The molecule has 0 spiro atoms. The molecule has 1 aliphatic heterocycles. The third-order valence-corrected chi connectivity index (χ3v) is 6.30. The summed E-state index contributed by atoms with van der Waals surface area (Å²) >= 11 is 3.50. The number of carbonyl (C=O) groups is 1. The Morgan fingerprint density at radius 2 is 1.84 bits per heavy atom. The highest BCUT2D eigenvalue weighted by atomic mass is 79.9. The lowest BCUT2D eigenvalue weighted by atomic mass is 9.95. The normalized spacial score (nSPS) is 22.6. The van der Waals surface area contributed by atoms with Crippen LogP contribution in [0.25, 0.3) is 0 Å². The van der Waals surface area contributed by atoms with Gasteiger partial charge in [-0.15, -0.1) is 0 Å². The fourth-order valence-corrected chi connectivity index (χ4v) is 3.10. The molecule has 1 N–H and O–H groups in total. The minimum atomic E-state index is -1.34. The van der Waals surface area contributed by atoms with Crippen LogP contribution in [0.3, 0.4) is 0 Å². The van der Waals surface area contributed by atoms with Crippen LogP contribution in [0.15, 0.2) is 36.4 Å². The molecule has 31 heavy (non-hydrogen) atoms. The topological polar surface area (TPSA) is 83.5 Å². The maximum absolute atomic E-state index is 12.3. The van der Waals surface area contributed by atoms with E-state index < -0.39 is 29.1 Å². The zero-order chi connectivity index (χ0) is 23.4. The molecule has 7 nitrogen and oxygen atoms in total. The molecular weight excluding hydrogens is 468 g/mol. The van der Waals surface area contributed by atoms with E-state index in [2.05, 4.69) is 15.9 Å². The molecule has 0 bridgehead atoms. The van der Waals surface area contributed by atoms with Crippen LogP contribution >= 0.6 is 15.9 Å². The zero-order valence-corrected chi connectivity index (χ0v) is 20.8. The van der Waals surface area contributed by atoms with Crippen LogP contribution in [-0.4, -0.2) is 58.8 Å². The Hall–Kier alpha value is -1.61. The van der Waals surface area contributed by atoms with Crippen molar-refractivity contribution in [1.29, 1.82) is 0 Å². The molecule has 0 radical (unpaired) electrons. The van der Waals surface area contributed by atoms with E-state index in [0.29, 0.717) is 18.1 Å². The van der Waals surface area contributed by atoms with Crippen LogP contribution in [0.4, 0.5) is 0 Å². The van der Waals surface area contributed by atoms with Crippen molar-refractivity contribution in [2.75, 3.05) is 13.7 Å². The first-order chi connectivity index (χ1) is 14.3.